The molecule has 6 rings (SSSR count). The second-order valence-electron chi connectivity index (χ2n) is 8.93. The predicted octanol–water partition coefficient (Wildman–Crippen LogP) is 6.33. The Balaban J connectivity index is 1.39. The summed E-state index contributed by atoms with van der Waals surface area (Å²) in [5.41, 5.74) is 4.47. The van der Waals surface area contributed by atoms with Crippen LogP contribution >= 0.6 is 11.3 Å². The smallest absolute Gasteiger partial charge is 0.257 e. The molecule has 6 nitrogen and oxygen atoms in total. The van der Waals surface area contributed by atoms with Crippen molar-refractivity contribution in [2.45, 2.75) is 32.6 Å². The number of carbonyl (C=O) groups is 1. The lowest BCUT2D eigenvalue weighted by Crippen LogP contribution is -2.13. The highest BCUT2D eigenvalue weighted by atomic mass is 32.1. The van der Waals surface area contributed by atoms with Crippen LogP contribution < -0.4 is 14.8 Å². The maximum Gasteiger partial charge on any atom is 0.257 e. The van der Waals surface area contributed by atoms with Crippen molar-refractivity contribution in [3.8, 4) is 28.8 Å². The second-order valence-corrected chi connectivity index (χ2v) is 10.0. The Morgan fingerprint density at radius 2 is 2.06 bits per heavy atom. The largest absolute Gasteiger partial charge is 0.454 e. The molecule has 1 aliphatic carbocycles. The fraction of sp³-hybridized carbons (Fsp3) is 0.250. The molecule has 1 N–H and O–H groups in total. The predicted molar refractivity (Wildman–Crippen MR) is 136 cm³/mol. The number of pyridine rings is 1. The molecule has 2 aromatic heterocycles. The molecule has 1 aliphatic heterocycles. The Morgan fingerprint density at radius 3 is 2.91 bits per heavy atom. The lowest BCUT2D eigenvalue weighted by Gasteiger charge is -2.20. The first-order valence-electron chi connectivity index (χ1n) is 11.8. The Kier molecular flexibility index (Phi) is 5.39. The van der Waals surface area contributed by atoms with Gasteiger partial charge < -0.3 is 14.8 Å². The lowest BCUT2D eigenvalue weighted by atomic mass is 9.86. The van der Waals surface area contributed by atoms with Gasteiger partial charge in [0.05, 0.1) is 22.3 Å². The zero-order valence-electron chi connectivity index (χ0n) is 19.3. The maximum atomic E-state index is 13.6. The number of carbonyl (C=O) groups excluding carboxylic acids is 1. The van der Waals surface area contributed by atoms with E-state index in [4.69, 9.17) is 14.5 Å². The van der Waals surface area contributed by atoms with Crippen molar-refractivity contribution in [1.29, 1.82) is 5.26 Å². The van der Waals surface area contributed by atoms with Crippen molar-refractivity contribution < 1.29 is 14.3 Å². The van der Waals surface area contributed by atoms with Gasteiger partial charge in [0.25, 0.3) is 5.91 Å². The zero-order valence-corrected chi connectivity index (χ0v) is 20.1. The maximum absolute atomic E-state index is 13.6. The van der Waals surface area contributed by atoms with Crippen LogP contribution in [0.3, 0.4) is 0 Å². The molecule has 0 fully saturated rings. The Bertz CT molecular complexity index is 1520. The number of anilines is 1. The summed E-state index contributed by atoms with van der Waals surface area (Å²) in [4.78, 5) is 19.6. The van der Waals surface area contributed by atoms with Gasteiger partial charge in [-0.15, -0.1) is 11.3 Å². The molecule has 1 amide bonds. The molecular weight excluding hydrogens is 458 g/mol. The van der Waals surface area contributed by atoms with Crippen LogP contribution in [0.1, 0.15) is 46.1 Å². The van der Waals surface area contributed by atoms with Crippen molar-refractivity contribution in [2.24, 2.45) is 5.92 Å². The number of hydrogen-bond donors (Lipinski definition) is 1. The topological polar surface area (TPSA) is 84.2 Å². The normalized spacial score (nSPS) is 16.1. The van der Waals surface area contributed by atoms with Gasteiger partial charge in [0.2, 0.25) is 6.79 Å². The molecule has 4 aromatic rings. The minimum absolute atomic E-state index is 0.197. The molecule has 2 aromatic carbocycles. The fourth-order valence-electron chi connectivity index (χ4n) is 4.95. The molecule has 1 atom stereocenters. The van der Waals surface area contributed by atoms with Crippen molar-refractivity contribution in [3.05, 3.63) is 70.1 Å². The Hall–Kier alpha value is -3.89. The molecule has 2 aliphatic rings. The summed E-state index contributed by atoms with van der Waals surface area (Å²) in [7, 11) is 0. The monoisotopic (exact) mass is 481 g/mol. The standard InChI is InChI=1S/C28H23N3O3S/c1-2-16-7-9-19-21(14-29)28(35-26(19)11-16)31-27(32)20-13-23(30-22-6-4-3-5-18(20)22)17-8-10-24-25(12-17)34-15-33-24/h3-6,8,10,12-13,16H,2,7,9,11,15H2,1H3,(H,31,32). The number of rotatable bonds is 4. The average molecular weight is 482 g/mol. The highest BCUT2D eigenvalue weighted by Gasteiger charge is 2.26. The Labute approximate surface area is 207 Å². The van der Waals surface area contributed by atoms with E-state index >= 15 is 0 Å². The van der Waals surface area contributed by atoms with Gasteiger partial charge in [-0.25, -0.2) is 4.98 Å². The average Bonchev–Trinajstić information content (AvgIpc) is 3.50. The minimum Gasteiger partial charge on any atom is -0.454 e. The van der Waals surface area contributed by atoms with Crippen LogP contribution in [0.15, 0.2) is 48.5 Å². The highest BCUT2D eigenvalue weighted by Crippen LogP contribution is 2.41. The number of nitrogens with zero attached hydrogens (tertiary/aromatic N) is 2. The summed E-state index contributed by atoms with van der Waals surface area (Å²) >= 11 is 1.55. The molecular formula is C28H23N3O3S. The van der Waals surface area contributed by atoms with Gasteiger partial charge in [0, 0.05) is 15.8 Å². The van der Waals surface area contributed by atoms with Gasteiger partial charge >= 0.3 is 0 Å². The molecule has 1 unspecified atom stereocenters. The number of hydrogen-bond acceptors (Lipinski definition) is 6. The van der Waals surface area contributed by atoms with Crippen LogP contribution in [-0.4, -0.2) is 17.7 Å². The molecule has 0 bridgehead atoms. The van der Waals surface area contributed by atoms with E-state index in [0.29, 0.717) is 39.2 Å². The molecule has 35 heavy (non-hydrogen) atoms. The van der Waals surface area contributed by atoms with Crippen molar-refractivity contribution in [1.82, 2.24) is 4.98 Å². The molecule has 0 spiro atoms. The minimum atomic E-state index is -0.243. The van der Waals surface area contributed by atoms with Crippen LogP contribution in [0.4, 0.5) is 5.00 Å². The van der Waals surface area contributed by atoms with Crippen LogP contribution in [0, 0.1) is 17.2 Å². The van der Waals surface area contributed by atoms with E-state index in [9.17, 15) is 10.1 Å². The molecule has 174 valence electrons. The van der Waals surface area contributed by atoms with Crippen LogP contribution in [-0.2, 0) is 12.8 Å². The van der Waals surface area contributed by atoms with E-state index in [0.717, 1.165) is 47.7 Å². The highest BCUT2D eigenvalue weighted by molar-refractivity contribution is 7.16. The van der Waals surface area contributed by atoms with Gasteiger partial charge in [0.15, 0.2) is 11.5 Å². The third-order valence-corrected chi connectivity index (χ3v) is 8.08. The van der Waals surface area contributed by atoms with Gasteiger partial charge in [-0.2, -0.15) is 5.26 Å². The van der Waals surface area contributed by atoms with E-state index in [2.05, 4.69) is 18.3 Å². The van der Waals surface area contributed by atoms with Crippen molar-refractivity contribution in [3.63, 3.8) is 0 Å². The number of nitrogens with one attached hydrogen (secondary N) is 1. The number of fused-ring (bicyclic) bond motifs is 3. The number of ether oxygens (including phenoxy) is 2. The number of thiophene rings is 1. The van der Waals surface area contributed by atoms with E-state index < -0.39 is 0 Å². The van der Waals surface area contributed by atoms with Gasteiger partial charge in [-0.05, 0) is 61.1 Å². The molecule has 0 saturated carbocycles. The van der Waals surface area contributed by atoms with E-state index in [1.165, 1.54) is 4.88 Å². The van der Waals surface area contributed by atoms with Crippen molar-refractivity contribution >= 4 is 33.1 Å². The number of amides is 1. The SMILES string of the molecule is CCC1CCc2c(sc(NC(=O)c3cc(-c4ccc5c(c4)OCO5)nc4ccccc34)c2C#N)C1. The summed E-state index contributed by atoms with van der Waals surface area (Å²) in [6.45, 7) is 2.41. The number of aromatic nitrogens is 1. The summed E-state index contributed by atoms with van der Waals surface area (Å²) in [6, 6.07) is 17.4. The van der Waals surface area contributed by atoms with Crippen LogP contribution in [0.2, 0.25) is 0 Å². The second kappa shape index (κ2) is 8.71. The summed E-state index contributed by atoms with van der Waals surface area (Å²) < 4.78 is 11.0. The summed E-state index contributed by atoms with van der Waals surface area (Å²) in [6.07, 6.45) is 4.10. The van der Waals surface area contributed by atoms with Gasteiger partial charge in [-0.3, -0.25) is 4.79 Å². The third-order valence-electron chi connectivity index (χ3n) is 6.91. The van der Waals surface area contributed by atoms with Crippen molar-refractivity contribution in [2.75, 3.05) is 12.1 Å². The lowest BCUT2D eigenvalue weighted by molar-refractivity contribution is 0.102. The van der Waals surface area contributed by atoms with Gasteiger partial charge in [0.1, 0.15) is 11.1 Å². The number of para-hydroxylation sites is 1. The quantitative estimate of drug-likeness (QED) is 0.368. The van der Waals surface area contributed by atoms with E-state index in [-0.39, 0.29) is 12.7 Å². The summed E-state index contributed by atoms with van der Waals surface area (Å²) in [5.74, 6) is 1.76. The molecule has 0 saturated heterocycles. The fourth-order valence-corrected chi connectivity index (χ4v) is 6.25. The number of nitriles is 1. The zero-order chi connectivity index (χ0) is 23.9. The third kappa shape index (κ3) is 3.80. The molecule has 7 heteroatoms. The van der Waals surface area contributed by atoms with Crippen LogP contribution in [0.5, 0.6) is 11.5 Å². The van der Waals surface area contributed by atoms with E-state index in [1.807, 2.05) is 48.5 Å². The van der Waals surface area contributed by atoms with E-state index in [1.54, 1.807) is 11.3 Å². The molecule has 0 radical (unpaired) electrons. The first-order chi connectivity index (χ1) is 17.1. The van der Waals surface area contributed by atoms with Crippen LogP contribution in [0.25, 0.3) is 22.2 Å². The Morgan fingerprint density at radius 1 is 1.20 bits per heavy atom. The van der Waals surface area contributed by atoms with Gasteiger partial charge in [-0.1, -0.05) is 31.5 Å². The first kappa shape index (κ1) is 21.6. The summed E-state index contributed by atoms with van der Waals surface area (Å²) in [5, 5.41) is 14.4. The first-order valence-corrected chi connectivity index (χ1v) is 12.6. The molecule has 3 heterocycles. The number of benzene rings is 2.